The molecule has 18 aliphatic rings. The van der Waals surface area contributed by atoms with Gasteiger partial charge in [0.25, 0.3) is 0 Å². The van der Waals surface area contributed by atoms with E-state index in [1.165, 1.54) is 75.3 Å². The highest BCUT2D eigenvalue weighted by Gasteiger charge is 2.79. The van der Waals surface area contributed by atoms with Gasteiger partial charge in [-0.3, -0.25) is 24.2 Å². The van der Waals surface area contributed by atoms with Crippen LogP contribution in [0.3, 0.4) is 0 Å². The van der Waals surface area contributed by atoms with Gasteiger partial charge in [0.2, 0.25) is 0 Å². The number of likely N-dealkylation sites (tertiary alicyclic amines) is 3. The van der Waals surface area contributed by atoms with Crippen LogP contribution in [-0.4, -0.2) is 159 Å². The van der Waals surface area contributed by atoms with Gasteiger partial charge in [-0.15, -0.1) is 0 Å². The van der Waals surface area contributed by atoms with Crippen molar-refractivity contribution in [2.45, 2.75) is 252 Å². The second kappa shape index (κ2) is 24.3. The Labute approximate surface area is 579 Å². The zero-order valence-electron chi connectivity index (χ0n) is 56.0. The Balaban J connectivity index is 0.000000108. The molecule has 21 rings (SSSR count). The number of quaternary nitrogens is 1. The van der Waals surface area contributed by atoms with E-state index in [4.69, 9.17) is 28.4 Å². The number of carbonyl (C=O) groups is 3. The minimum atomic E-state index is -0.672. The second-order valence-electron chi connectivity index (χ2n) is 32.7. The number of carbonyl (C=O) groups excluding carboxylic acids is 3. The fourth-order valence-electron chi connectivity index (χ4n) is 21.7. The Kier molecular flexibility index (Phi) is 16.5. The molecule has 6 bridgehead atoms. The molecular formula is C82H101N3O13. The van der Waals surface area contributed by atoms with Crippen LogP contribution >= 0.6 is 0 Å². The lowest BCUT2D eigenvalue weighted by Gasteiger charge is -2.68. The first-order chi connectivity index (χ1) is 46.6. The first-order valence-corrected chi connectivity index (χ1v) is 37.1. The number of ether oxygens (including phenoxy) is 6. The highest BCUT2D eigenvalue weighted by Crippen LogP contribution is 2.71. The van der Waals surface area contributed by atoms with Crippen LogP contribution < -0.4 is 14.2 Å². The third-order valence-electron chi connectivity index (χ3n) is 27.1. The van der Waals surface area contributed by atoms with Crippen LogP contribution in [-0.2, 0) is 64.1 Å². The Morgan fingerprint density at radius 2 is 0.837 bits per heavy atom. The molecule has 3 aromatic rings. The van der Waals surface area contributed by atoms with Gasteiger partial charge in [-0.1, -0.05) is 44.9 Å². The number of Topliss-reactive ketones (excluding diaryl/α,β-unsaturated/α-hetero) is 3. The maximum Gasteiger partial charge on any atom is 0.174 e. The molecule has 0 radical (unpaired) electrons. The SMILES string of the molecule is C.C.CC#CC#CC#CC.O=C1CC[C@@]2(OCC3CC3)[C@H]3Cc4ccc(O)c5c4[C@@]2(CCN3CC2CC2)[C@H]1O5.O=C1CC[C@@]2(OCC3CC3)[C@H]3Cc4ccc(O)c5c4[C@@]2(CCN3CC2CC2)[C@H]1O5.O=C1CC[C@@]2(OCC3CC3)[C@H]3Cc4ccc(O)c5c4[C@@]2(CC[N+]3([O-])CC2CC2)[C@H]1O5. The summed E-state index contributed by atoms with van der Waals surface area (Å²) in [7, 11) is 0. The average molecular weight is 1340 g/mol. The number of rotatable bonds is 15. The highest BCUT2D eigenvalue weighted by atomic mass is 16.6. The van der Waals surface area contributed by atoms with E-state index in [2.05, 4.69) is 57.5 Å². The van der Waals surface area contributed by atoms with E-state index in [-0.39, 0.29) is 71.3 Å². The molecule has 3 spiro atoms. The number of phenols is 3. The first-order valence-electron chi connectivity index (χ1n) is 37.1. The van der Waals surface area contributed by atoms with Crippen molar-refractivity contribution in [3.05, 3.63) is 75.0 Å². The van der Waals surface area contributed by atoms with E-state index in [9.17, 15) is 34.9 Å². The van der Waals surface area contributed by atoms with Crippen LogP contribution in [0.15, 0.2) is 36.4 Å². The lowest BCUT2D eigenvalue weighted by molar-refractivity contribution is -0.924. The van der Waals surface area contributed by atoms with Gasteiger partial charge in [0, 0.05) is 79.9 Å². The molecule has 6 heterocycles. The monoisotopic (exact) mass is 1340 g/mol. The molecule has 12 fully saturated rings. The quantitative estimate of drug-likeness (QED) is 0.0738. The standard InChI is InChI=1S/C24H29NO5.2C24H29NO4.C8H6.2CH4/c26-17-6-5-16-11-19-24(29-13-15-3-4-15)8-7-18(27)22-23(24,20(16)21(17)30-22)9-10-25(19,28)12-14-1-2-14;2*26-17-6-5-16-11-19-24(28-13-15-3-4-15)8-7-18(27)22-23(24,20(16)21(17)29-22)9-10-25(19)12-14-1-2-14;1-3-5-7-8-6-4-2;;/h5-6,14-15,19,22,26H,1-4,7-13H2;2*5-6,14-15,19,22,26H,1-4,7-13H2;1-2H3;2*1H4/t19-,22+,23+,24-,25?;2*19-,22+,23+,24-;;;/m111.../s1. The summed E-state index contributed by atoms with van der Waals surface area (Å²) < 4.78 is 39.5. The zero-order valence-corrected chi connectivity index (χ0v) is 56.0. The van der Waals surface area contributed by atoms with Crippen molar-refractivity contribution >= 4 is 17.3 Å². The number of hydrogen-bond acceptors (Lipinski definition) is 15. The molecule has 1 unspecified atom stereocenters. The van der Waals surface area contributed by atoms with Crippen LogP contribution in [0.5, 0.6) is 34.5 Å². The van der Waals surface area contributed by atoms with Gasteiger partial charge in [-0.2, -0.15) is 0 Å². The van der Waals surface area contributed by atoms with Crippen molar-refractivity contribution in [1.29, 1.82) is 0 Å². The average Bonchev–Trinajstić information content (AvgIpc) is 1.48. The number of hydrogen-bond donors (Lipinski definition) is 3. The minimum absolute atomic E-state index is 0. The van der Waals surface area contributed by atoms with Gasteiger partial charge in [0.1, 0.15) is 11.6 Å². The van der Waals surface area contributed by atoms with Crippen molar-refractivity contribution in [2.24, 2.45) is 35.5 Å². The van der Waals surface area contributed by atoms with Crippen LogP contribution in [0, 0.1) is 76.2 Å². The van der Waals surface area contributed by atoms with Gasteiger partial charge in [0.05, 0.1) is 60.4 Å². The van der Waals surface area contributed by atoms with E-state index < -0.39 is 40.2 Å². The lowest BCUT2D eigenvalue weighted by atomic mass is 9.48. The largest absolute Gasteiger partial charge is 0.632 e. The maximum absolute atomic E-state index is 14.4. The molecule has 3 N–H and O–H groups in total. The normalized spacial score (nSPS) is 37.2. The number of ketones is 3. The number of benzene rings is 3. The van der Waals surface area contributed by atoms with Gasteiger partial charge in [-0.25, -0.2) is 0 Å². The van der Waals surface area contributed by atoms with E-state index in [1.807, 2.05) is 6.07 Å². The van der Waals surface area contributed by atoms with Crippen LogP contribution in [0.1, 0.15) is 197 Å². The molecule has 3 aromatic carbocycles. The molecule has 9 saturated carbocycles. The van der Waals surface area contributed by atoms with Crippen LogP contribution in [0.25, 0.3) is 0 Å². The molecule has 0 aromatic heterocycles. The fraction of sp³-hybridized carbons (Fsp3) is 0.671. The molecule has 0 amide bonds. The van der Waals surface area contributed by atoms with E-state index in [0.29, 0.717) is 111 Å². The van der Waals surface area contributed by atoms with Crippen LogP contribution in [0.2, 0.25) is 0 Å². The lowest BCUT2D eigenvalue weighted by Crippen LogP contribution is -2.81. The Morgan fingerprint density at radius 3 is 1.21 bits per heavy atom. The van der Waals surface area contributed by atoms with Gasteiger partial charge < -0.3 is 53.6 Å². The van der Waals surface area contributed by atoms with Gasteiger partial charge >= 0.3 is 0 Å². The molecule has 16 nitrogen and oxygen atoms in total. The molecule has 3 saturated heterocycles. The smallest absolute Gasteiger partial charge is 0.174 e. The summed E-state index contributed by atoms with van der Waals surface area (Å²) in [4.78, 5) is 44.7. The van der Waals surface area contributed by atoms with Crippen molar-refractivity contribution in [1.82, 2.24) is 9.80 Å². The summed E-state index contributed by atoms with van der Waals surface area (Å²) in [6, 6.07) is 11.7. The van der Waals surface area contributed by atoms with Gasteiger partial charge in [0.15, 0.2) is 70.2 Å². The summed E-state index contributed by atoms with van der Waals surface area (Å²) >= 11 is 0. The van der Waals surface area contributed by atoms with Gasteiger partial charge in [-0.05, 0) is 237 Å². The summed E-state index contributed by atoms with van der Waals surface area (Å²) in [5.74, 6) is 22.2. The summed E-state index contributed by atoms with van der Waals surface area (Å²) in [5.41, 5.74) is 3.89. The molecule has 98 heavy (non-hydrogen) atoms. The Morgan fingerprint density at radius 1 is 0.480 bits per heavy atom. The molecular weight excluding hydrogens is 1230 g/mol. The highest BCUT2D eigenvalue weighted by molar-refractivity contribution is 5.92. The number of piperidine rings is 3. The Hall–Kier alpha value is -6.13. The first kappa shape index (κ1) is 66.4. The number of phenolic OH excluding ortho intramolecular Hbond substituents is 3. The second-order valence-corrected chi connectivity index (χ2v) is 32.7. The third kappa shape index (κ3) is 9.97. The molecule has 6 aliphatic heterocycles. The van der Waals surface area contributed by atoms with E-state index in [0.717, 1.165) is 125 Å². The van der Waals surface area contributed by atoms with Crippen molar-refractivity contribution in [2.75, 3.05) is 59.1 Å². The summed E-state index contributed by atoms with van der Waals surface area (Å²) in [6.07, 6.45) is 22.1. The van der Waals surface area contributed by atoms with Crippen molar-refractivity contribution in [3.63, 3.8) is 0 Å². The van der Waals surface area contributed by atoms with E-state index >= 15 is 0 Å². The topological polar surface area (TPSA) is 197 Å². The molecule has 522 valence electrons. The predicted molar refractivity (Wildman–Crippen MR) is 369 cm³/mol. The molecule has 16 heteroatoms. The Bertz CT molecular complexity index is 3770. The fourth-order valence-corrected chi connectivity index (χ4v) is 21.7. The van der Waals surface area contributed by atoms with E-state index in [1.54, 1.807) is 32.0 Å². The summed E-state index contributed by atoms with van der Waals surface area (Å²) in [5, 5.41) is 46.2. The summed E-state index contributed by atoms with van der Waals surface area (Å²) in [6.45, 7) is 11.3. The molecule has 12 aliphatic carbocycles. The van der Waals surface area contributed by atoms with Crippen molar-refractivity contribution < 1.29 is 62.8 Å². The zero-order chi connectivity index (χ0) is 65.3. The number of hydroxylamine groups is 3. The minimum Gasteiger partial charge on any atom is -0.632 e. The maximum atomic E-state index is 14.4. The van der Waals surface area contributed by atoms with Crippen LogP contribution in [0.4, 0.5) is 0 Å². The third-order valence-corrected chi connectivity index (χ3v) is 27.1. The number of aromatic hydroxyl groups is 3. The number of nitrogens with zero attached hydrogens (tertiary/aromatic N) is 3. The molecule has 13 atom stereocenters. The van der Waals surface area contributed by atoms with Crippen molar-refractivity contribution in [3.8, 4) is 70.0 Å². The predicted octanol–water partition coefficient (Wildman–Crippen LogP) is 11.2.